The third kappa shape index (κ3) is 2.26. The summed E-state index contributed by atoms with van der Waals surface area (Å²) < 4.78 is 2.00. The lowest BCUT2D eigenvalue weighted by Gasteiger charge is -2.26. The van der Waals surface area contributed by atoms with Crippen molar-refractivity contribution in [2.24, 2.45) is 0 Å². The van der Waals surface area contributed by atoms with Crippen molar-refractivity contribution in [3.63, 3.8) is 0 Å². The maximum absolute atomic E-state index is 9.39. The number of hydrogen-bond acceptors (Lipinski definition) is 1. The predicted molar refractivity (Wildman–Crippen MR) is 69.7 cm³/mol. The molecule has 0 saturated heterocycles. The molecule has 0 N–H and O–H groups in total. The SMILES string of the molecule is CCC(C#N)(CC)c1c(Br)cccc1Br. The summed E-state index contributed by atoms with van der Waals surface area (Å²) in [5, 5.41) is 9.39. The van der Waals surface area contributed by atoms with Gasteiger partial charge in [0.2, 0.25) is 0 Å². The molecule has 0 atom stereocenters. The zero-order chi connectivity index (χ0) is 11.5. The molecule has 0 aliphatic heterocycles. The van der Waals surface area contributed by atoms with Gasteiger partial charge >= 0.3 is 0 Å². The van der Waals surface area contributed by atoms with Gasteiger partial charge in [0.1, 0.15) is 0 Å². The Morgan fingerprint density at radius 1 is 1.20 bits per heavy atom. The van der Waals surface area contributed by atoms with E-state index in [0.29, 0.717) is 0 Å². The van der Waals surface area contributed by atoms with Crippen molar-refractivity contribution in [3.8, 4) is 6.07 Å². The van der Waals surface area contributed by atoms with Crippen LogP contribution in [0.15, 0.2) is 27.1 Å². The first-order chi connectivity index (χ1) is 7.11. The standard InChI is InChI=1S/C12H13Br2N/c1-3-12(4-2,8-15)11-9(13)6-5-7-10(11)14/h5-7H,3-4H2,1-2H3. The van der Waals surface area contributed by atoms with Crippen molar-refractivity contribution in [2.45, 2.75) is 32.1 Å². The molecule has 0 amide bonds. The molecule has 15 heavy (non-hydrogen) atoms. The van der Waals surface area contributed by atoms with Gasteiger partial charge in [0, 0.05) is 14.5 Å². The molecule has 0 heterocycles. The normalized spacial score (nSPS) is 11.1. The van der Waals surface area contributed by atoms with Gasteiger partial charge in [-0.3, -0.25) is 0 Å². The summed E-state index contributed by atoms with van der Waals surface area (Å²) in [4.78, 5) is 0. The van der Waals surface area contributed by atoms with E-state index in [0.717, 1.165) is 27.4 Å². The van der Waals surface area contributed by atoms with E-state index in [1.165, 1.54) is 0 Å². The zero-order valence-corrected chi connectivity index (χ0v) is 12.0. The van der Waals surface area contributed by atoms with Crippen LogP contribution in [0.3, 0.4) is 0 Å². The highest BCUT2D eigenvalue weighted by Gasteiger charge is 2.32. The van der Waals surface area contributed by atoms with Gasteiger partial charge in [-0.05, 0) is 25.0 Å². The fourth-order valence-electron chi connectivity index (χ4n) is 1.77. The zero-order valence-electron chi connectivity index (χ0n) is 8.85. The summed E-state index contributed by atoms with van der Waals surface area (Å²) in [5.74, 6) is 0. The quantitative estimate of drug-likeness (QED) is 0.781. The van der Waals surface area contributed by atoms with Crippen molar-refractivity contribution < 1.29 is 0 Å². The minimum absolute atomic E-state index is 0.390. The van der Waals surface area contributed by atoms with E-state index in [4.69, 9.17) is 0 Å². The number of benzene rings is 1. The molecule has 0 aliphatic rings. The second-order valence-corrected chi connectivity index (χ2v) is 5.21. The maximum atomic E-state index is 9.39. The Bertz CT molecular complexity index is 369. The minimum Gasteiger partial charge on any atom is -0.197 e. The lowest BCUT2D eigenvalue weighted by atomic mass is 9.77. The number of hydrogen-bond donors (Lipinski definition) is 0. The smallest absolute Gasteiger partial charge is 0.0839 e. The van der Waals surface area contributed by atoms with Crippen LogP contribution in [-0.4, -0.2) is 0 Å². The van der Waals surface area contributed by atoms with Crippen LogP contribution in [0.2, 0.25) is 0 Å². The lowest BCUT2D eigenvalue weighted by Crippen LogP contribution is -2.23. The Morgan fingerprint density at radius 3 is 2.00 bits per heavy atom. The molecule has 80 valence electrons. The molecule has 1 aromatic rings. The van der Waals surface area contributed by atoms with E-state index in [-0.39, 0.29) is 5.41 Å². The van der Waals surface area contributed by atoms with Gasteiger partial charge < -0.3 is 0 Å². The van der Waals surface area contributed by atoms with E-state index in [1.807, 2.05) is 18.2 Å². The number of nitrogens with zero attached hydrogens (tertiary/aromatic N) is 1. The van der Waals surface area contributed by atoms with Gasteiger partial charge in [-0.25, -0.2) is 0 Å². The van der Waals surface area contributed by atoms with Gasteiger partial charge in [0.05, 0.1) is 11.5 Å². The Hall–Kier alpha value is -0.330. The van der Waals surface area contributed by atoms with Crippen LogP contribution in [0.5, 0.6) is 0 Å². The second-order valence-electron chi connectivity index (χ2n) is 3.50. The first-order valence-electron chi connectivity index (χ1n) is 4.97. The van der Waals surface area contributed by atoms with Crippen LogP contribution in [0.4, 0.5) is 0 Å². The van der Waals surface area contributed by atoms with Gasteiger partial charge in [-0.15, -0.1) is 0 Å². The highest BCUT2D eigenvalue weighted by atomic mass is 79.9. The van der Waals surface area contributed by atoms with Crippen molar-refractivity contribution in [3.05, 3.63) is 32.7 Å². The maximum Gasteiger partial charge on any atom is 0.0839 e. The molecule has 0 spiro atoms. The highest BCUT2D eigenvalue weighted by molar-refractivity contribution is 9.11. The molecular weight excluding hydrogens is 318 g/mol. The molecule has 0 radical (unpaired) electrons. The molecule has 0 saturated carbocycles. The van der Waals surface area contributed by atoms with E-state index in [2.05, 4.69) is 51.8 Å². The van der Waals surface area contributed by atoms with E-state index in [9.17, 15) is 5.26 Å². The average molecular weight is 331 g/mol. The Kier molecular flexibility index (Phi) is 4.36. The van der Waals surface area contributed by atoms with E-state index in [1.54, 1.807) is 0 Å². The average Bonchev–Trinajstić information content (AvgIpc) is 2.24. The number of nitriles is 1. The van der Waals surface area contributed by atoms with Gasteiger partial charge in [0.25, 0.3) is 0 Å². The van der Waals surface area contributed by atoms with Crippen molar-refractivity contribution in [1.82, 2.24) is 0 Å². The second kappa shape index (κ2) is 5.14. The fourth-order valence-corrected chi connectivity index (χ4v) is 3.53. The van der Waals surface area contributed by atoms with Crippen LogP contribution >= 0.6 is 31.9 Å². The summed E-state index contributed by atoms with van der Waals surface area (Å²) in [6.45, 7) is 4.11. The topological polar surface area (TPSA) is 23.8 Å². The summed E-state index contributed by atoms with van der Waals surface area (Å²) in [6.07, 6.45) is 1.64. The Balaban J connectivity index is 3.42. The van der Waals surface area contributed by atoms with Gasteiger partial charge in [-0.2, -0.15) is 5.26 Å². The van der Waals surface area contributed by atoms with Gasteiger partial charge in [0.15, 0.2) is 0 Å². The van der Waals surface area contributed by atoms with Crippen LogP contribution in [-0.2, 0) is 5.41 Å². The molecule has 1 aromatic carbocycles. The Morgan fingerprint density at radius 2 is 1.67 bits per heavy atom. The first-order valence-corrected chi connectivity index (χ1v) is 6.55. The monoisotopic (exact) mass is 329 g/mol. The fraction of sp³-hybridized carbons (Fsp3) is 0.417. The predicted octanol–water partition coefficient (Wildman–Crippen LogP) is 4.79. The molecule has 0 aliphatic carbocycles. The van der Waals surface area contributed by atoms with Crippen LogP contribution in [0.1, 0.15) is 32.3 Å². The number of rotatable bonds is 3. The summed E-state index contributed by atoms with van der Waals surface area (Å²) in [5.41, 5.74) is 0.677. The van der Waals surface area contributed by atoms with E-state index < -0.39 is 0 Å². The molecule has 1 nitrogen and oxygen atoms in total. The molecule has 0 fully saturated rings. The molecule has 1 rings (SSSR count). The third-order valence-corrected chi connectivity index (χ3v) is 4.18. The van der Waals surface area contributed by atoms with Crippen LogP contribution in [0.25, 0.3) is 0 Å². The van der Waals surface area contributed by atoms with Crippen LogP contribution < -0.4 is 0 Å². The lowest BCUT2D eigenvalue weighted by molar-refractivity contribution is 0.506. The molecule has 0 bridgehead atoms. The summed E-state index contributed by atoms with van der Waals surface area (Å²) in [6, 6.07) is 8.38. The third-order valence-electron chi connectivity index (χ3n) is 2.86. The minimum atomic E-state index is -0.390. The molecule has 3 heteroatoms. The van der Waals surface area contributed by atoms with Crippen molar-refractivity contribution in [1.29, 1.82) is 5.26 Å². The summed E-state index contributed by atoms with van der Waals surface area (Å²) in [7, 11) is 0. The van der Waals surface area contributed by atoms with Gasteiger partial charge in [-0.1, -0.05) is 51.8 Å². The van der Waals surface area contributed by atoms with Crippen molar-refractivity contribution in [2.75, 3.05) is 0 Å². The largest absolute Gasteiger partial charge is 0.197 e. The molecular formula is C12H13Br2N. The number of halogens is 2. The summed E-state index contributed by atoms with van der Waals surface area (Å²) >= 11 is 7.05. The van der Waals surface area contributed by atoms with Crippen LogP contribution in [0, 0.1) is 11.3 Å². The molecule has 0 aromatic heterocycles. The van der Waals surface area contributed by atoms with Crippen molar-refractivity contribution >= 4 is 31.9 Å². The first kappa shape index (κ1) is 12.7. The molecule has 0 unspecified atom stereocenters. The highest BCUT2D eigenvalue weighted by Crippen LogP contribution is 2.40. The Labute approximate surface area is 108 Å². The van der Waals surface area contributed by atoms with E-state index >= 15 is 0 Å².